The van der Waals surface area contributed by atoms with Crippen LogP contribution in [0.1, 0.15) is 9.67 Å². The second kappa shape index (κ2) is 5.89. The van der Waals surface area contributed by atoms with Crippen molar-refractivity contribution in [2.45, 2.75) is 9.10 Å². The van der Waals surface area contributed by atoms with Gasteiger partial charge in [-0.15, -0.1) is 11.3 Å². The summed E-state index contributed by atoms with van der Waals surface area (Å²) in [6.45, 7) is 0.0812. The molecule has 0 saturated carbocycles. The normalized spacial score (nSPS) is 13.0. The quantitative estimate of drug-likeness (QED) is 0.373. The maximum Gasteiger partial charge on any atom is 0.346 e. The molecule has 0 saturated heterocycles. The third kappa shape index (κ3) is 3.12. The highest BCUT2D eigenvalue weighted by molar-refractivity contribution is 8.01. The number of thiophene rings is 1. The predicted molar refractivity (Wildman–Crippen MR) is 82.6 cm³/mol. The minimum absolute atomic E-state index is 0.0812. The van der Waals surface area contributed by atoms with Crippen molar-refractivity contribution in [2.24, 2.45) is 0 Å². The van der Waals surface area contributed by atoms with Gasteiger partial charge in [-0.1, -0.05) is 11.8 Å². The molecule has 0 aliphatic carbocycles. The van der Waals surface area contributed by atoms with Gasteiger partial charge >= 0.3 is 11.9 Å². The Balaban J connectivity index is 1.93. The van der Waals surface area contributed by atoms with Crippen LogP contribution in [-0.4, -0.2) is 28.5 Å². The Morgan fingerprint density at radius 3 is 2.91 bits per heavy atom. The molecule has 10 heteroatoms. The van der Waals surface area contributed by atoms with E-state index >= 15 is 0 Å². The first kappa shape index (κ1) is 15.3. The Morgan fingerprint density at radius 1 is 1.43 bits per heavy atom. The van der Waals surface area contributed by atoms with Crippen molar-refractivity contribution in [3.63, 3.8) is 0 Å². The Morgan fingerprint density at radius 2 is 2.22 bits per heavy atom. The molecule has 1 aromatic heterocycles. The SMILES string of the molecule is O=C1CNc2ccc(Sc3sc(C(=O)O)cc3[N+](=O)[O-])cc2O1. The molecule has 0 spiro atoms. The fraction of sp³-hybridized carbons (Fsp3) is 0.0769. The maximum atomic E-state index is 11.3. The van der Waals surface area contributed by atoms with E-state index in [2.05, 4.69) is 5.32 Å². The van der Waals surface area contributed by atoms with E-state index < -0.39 is 16.9 Å². The number of nitrogens with zero attached hydrogens (tertiary/aromatic N) is 1. The maximum absolute atomic E-state index is 11.3. The van der Waals surface area contributed by atoms with Gasteiger partial charge in [-0.05, 0) is 18.2 Å². The summed E-state index contributed by atoms with van der Waals surface area (Å²) in [6.07, 6.45) is 0. The van der Waals surface area contributed by atoms with Gasteiger partial charge < -0.3 is 15.2 Å². The topological polar surface area (TPSA) is 119 Å². The number of benzene rings is 1. The predicted octanol–water partition coefficient (Wildman–Crippen LogP) is 2.84. The van der Waals surface area contributed by atoms with E-state index in [9.17, 15) is 19.7 Å². The van der Waals surface area contributed by atoms with E-state index in [0.717, 1.165) is 29.2 Å². The van der Waals surface area contributed by atoms with Crippen LogP contribution in [0.2, 0.25) is 0 Å². The fourth-order valence-corrected chi connectivity index (χ4v) is 4.07. The van der Waals surface area contributed by atoms with Crippen molar-refractivity contribution in [2.75, 3.05) is 11.9 Å². The minimum atomic E-state index is -1.21. The number of carboxylic acid groups (broad SMARTS) is 1. The lowest BCUT2D eigenvalue weighted by atomic mass is 10.2. The first-order chi connectivity index (χ1) is 10.9. The summed E-state index contributed by atoms with van der Waals surface area (Å²) in [5.41, 5.74) is 0.395. The highest BCUT2D eigenvalue weighted by atomic mass is 32.2. The third-order valence-corrected chi connectivity index (χ3v) is 5.19. The third-order valence-electron chi connectivity index (χ3n) is 2.90. The van der Waals surface area contributed by atoms with Crippen molar-refractivity contribution in [1.29, 1.82) is 0 Å². The van der Waals surface area contributed by atoms with E-state index in [1.54, 1.807) is 18.2 Å². The molecule has 0 bridgehead atoms. The highest BCUT2D eigenvalue weighted by Crippen LogP contribution is 2.43. The minimum Gasteiger partial charge on any atom is -0.477 e. The fourth-order valence-electron chi connectivity index (χ4n) is 1.90. The van der Waals surface area contributed by atoms with E-state index in [1.807, 2.05) is 0 Å². The zero-order chi connectivity index (χ0) is 16.6. The van der Waals surface area contributed by atoms with Crippen LogP contribution in [0, 0.1) is 10.1 Å². The van der Waals surface area contributed by atoms with Crippen LogP contribution in [0.15, 0.2) is 33.4 Å². The van der Waals surface area contributed by atoms with Gasteiger partial charge in [-0.25, -0.2) is 9.59 Å². The van der Waals surface area contributed by atoms with Gasteiger partial charge in [-0.2, -0.15) is 0 Å². The van der Waals surface area contributed by atoms with Crippen molar-refractivity contribution >= 4 is 46.4 Å². The number of hydrogen-bond donors (Lipinski definition) is 2. The molecule has 0 unspecified atom stereocenters. The lowest BCUT2D eigenvalue weighted by molar-refractivity contribution is -0.387. The second-order valence-electron chi connectivity index (χ2n) is 4.43. The largest absolute Gasteiger partial charge is 0.477 e. The van der Waals surface area contributed by atoms with Crippen LogP contribution >= 0.6 is 23.1 Å². The van der Waals surface area contributed by atoms with E-state index in [0.29, 0.717) is 16.3 Å². The van der Waals surface area contributed by atoms with Crippen molar-refractivity contribution in [3.8, 4) is 5.75 Å². The van der Waals surface area contributed by atoms with Gasteiger partial charge in [0.1, 0.15) is 15.6 Å². The standard InChI is InChI=1S/C13H8N2O6S2/c16-11-5-14-7-2-1-6(3-9(7)21-11)22-13-8(15(19)20)4-10(23-13)12(17)18/h1-4,14H,5H2,(H,17,18). The Kier molecular flexibility index (Phi) is 3.92. The molecule has 23 heavy (non-hydrogen) atoms. The molecular formula is C13H8N2O6S2. The molecule has 1 aromatic carbocycles. The number of carboxylic acids is 1. The van der Waals surface area contributed by atoms with Crippen LogP contribution < -0.4 is 10.1 Å². The lowest BCUT2D eigenvalue weighted by Crippen LogP contribution is -2.24. The molecule has 3 rings (SSSR count). The summed E-state index contributed by atoms with van der Waals surface area (Å²) >= 11 is 1.88. The monoisotopic (exact) mass is 352 g/mol. The number of nitrogens with one attached hydrogen (secondary N) is 1. The first-order valence-corrected chi connectivity index (χ1v) is 7.85. The Labute approximate surface area is 137 Å². The van der Waals surface area contributed by atoms with Gasteiger partial charge in [-0.3, -0.25) is 10.1 Å². The van der Waals surface area contributed by atoms with E-state index in [4.69, 9.17) is 9.84 Å². The highest BCUT2D eigenvalue weighted by Gasteiger charge is 2.24. The number of esters is 1. The van der Waals surface area contributed by atoms with Gasteiger partial charge in [0.25, 0.3) is 5.69 Å². The Bertz CT molecular complexity index is 832. The van der Waals surface area contributed by atoms with E-state index in [-0.39, 0.29) is 21.3 Å². The number of fused-ring (bicyclic) bond motifs is 1. The smallest absolute Gasteiger partial charge is 0.346 e. The molecule has 1 aliphatic heterocycles. The Hall–Kier alpha value is -2.59. The molecule has 2 heterocycles. The van der Waals surface area contributed by atoms with Crippen LogP contribution in [-0.2, 0) is 4.79 Å². The van der Waals surface area contributed by atoms with Gasteiger partial charge in [0.2, 0.25) is 0 Å². The van der Waals surface area contributed by atoms with Gasteiger partial charge in [0.15, 0.2) is 5.75 Å². The number of rotatable bonds is 4. The summed E-state index contributed by atoms with van der Waals surface area (Å²) < 4.78 is 5.34. The number of ether oxygens (including phenoxy) is 1. The number of nitro groups is 1. The summed E-state index contributed by atoms with van der Waals surface area (Å²) in [6, 6.07) is 6.02. The first-order valence-electron chi connectivity index (χ1n) is 6.22. The lowest BCUT2D eigenvalue weighted by Gasteiger charge is -2.17. The zero-order valence-electron chi connectivity index (χ0n) is 11.3. The van der Waals surface area contributed by atoms with Crippen molar-refractivity contribution < 1.29 is 24.4 Å². The molecule has 2 N–H and O–H groups in total. The molecular weight excluding hydrogens is 344 g/mol. The molecule has 0 fully saturated rings. The van der Waals surface area contributed by atoms with Crippen LogP contribution in [0.5, 0.6) is 5.75 Å². The summed E-state index contributed by atoms with van der Waals surface area (Å²) in [4.78, 5) is 33.2. The molecule has 0 atom stereocenters. The summed E-state index contributed by atoms with van der Waals surface area (Å²) in [7, 11) is 0. The van der Waals surface area contributed by atoms with Gasteiger partial charge in [0.05, 0.1) is 10.6 Å². The molecule has 2 aromatic rings. The number of carbonyl (C=O) groups is 2. The summed E-state index contributed by atoms with van der Waals surface area (Å²) in [5.74, 6) is -1.30. The molecule has 8 nitrogen and oxygen atoms in total. The molecule has 118 valence electrons. The van der Waals surface area contributed by atoms with Crippen LogP contribution in [0.3, 0.4) is 0 Å². The number of aromatic carboxylic acids is 1. The number of hydrogen-bond acceptors (Lipinski definition) is 8. The van der Waals surface area contributed by atoms with Crippen molar-refractivity contribution in [3.05, 3.63) is 39.3 Å². The zero-order valence-corrected chi connectivity index (χ0v) is 12.9. The van der Waals surface area contributed by atoms with Crippen molar-refractivity contribution in [1.82, 2.24) is 0 Å². The summed E-state index contributed by atoms with van der Waals surface area (Å²) in [5, 5.41) is 22.9. The van der Waals surface area contributed by atoms with Crippen LogP contribution in [0.25, 0.3) is 0 Å². The molecule has 0 radical (unpaired) electrons. The average molecular weight is 352 g/mol. The van der Waals surface area contributed by atoms with Gasteiger partial charge in [0, 0.05) is 11.0 Å². The van der Waals surface area contributed by atoms with Crippen LogP contribution in [0.4, 0.5) is 11.4 Å². The molecule has 1 aliphatic rings. The number of carbonyl (C=O) groups excluding carboxylic acids is 1. The molecule has 0 amide bonds. The average Bonchev–Trinajstić information content (AvgIpc) is 2.91. The number of anilines is 1. The van der Waals surface area contributed by atoms with E-state index in [1.165, 1.54) is 0 Å². The second-order valence-corrected chi connectivity index (χ2v) is 6.83.